The number of aliphatic hydroxyl groups excluding tert-OH is 1. The summed E-state index contributed by atoms with van der Waals surface area (Å²) in [6, 6.07) is 0. The highest BCUT2D eigenvalue weighted by Crippen LogP contribution is 2.01. The Morgan fingerprint density at radius 3 is 2.58 bits per heavy atom. The normalized spacial score (nSPS) is 11.3. The molecule has 0 fully saturated rings. The first-order valence-corrected chi connectivity index (χ1v) is 4.68. The van der Waals surface area contributed by atoms with Gasteiger partial charge in [-0.15, -0.1) is 0 Å². The standard InChI is InChI=1S/C8H17NO2S/c1-8(2,6-10)9-7(11)4-3-5-12/h10,12H,3-6H2,1-2H3,(H,9,11). The van der Waals surface area contributed by atoms with Gasteiger partial charge in [0.15, 0.2) is 0 Å². The van der Waals surface area contributed by atoms with Crippen molar-refractivity contribution in [1.29, 1.82) is 0 Å². The van der Waals surface area contributed by atoms with Crippen LogP contribution in [0, 0.1) is 0 Å². The fourth-order valence-electron chi connectivity index (χ4n) is 0.719. The smallest absolute Gasteiger partial charge is 0.220 e. The van der Waals surface area contributed by atoms with Crippen molar-refractivity contribution in [1.82, 2.24) is 5.32 Å². The van der Waals surface area contributed by atoms with E-state index in [1.807, 2.05) is 0 Å². The third kappa shape index (κ3) is 5.43. The average Bonchev–Trinajstić information content (AvgIpc) is 2.00. The molecule has 0 aliphatic carbocycles. The highest BCUT2D eigenvalue weighted by molar-refractivity contribution is 7.80. The Bertz CT molecular complexity index is 148. The second-order valence-corrected chi connectivity index (χ2v) is 3.86. The molecule has 0 spiro atoms. The number of amides is 1. The Labute approximate surface area is 79.0 Å². The summed E-state index contributed by atoms with van der Waals surface area (Å²) in [5, 5.41) is 11.6. The Hall–Kier alpha value is -0.220. The lowest BCUT2D eigenvalue weighted by molar-refractivity contribution is -0.123. The fraction of sp³-hybridized carbons (Fsp3) is 0.875. The van der Waals surface area contributed by atoms with Gasteiger partial charge in [0.05, 0.1) is 12.1 Å². The van der Waals surface area contributed by atoms with Gasteiger partial charge in [-0.3, -0.25) is 4.79 Å². The average molecular weight is 191 g/mol. The number of aliphatic hydroxyl groups is 1. The van der Waals surface area contributed by atoms with E-state index < -0.39 is 5.54 Å². The van der Waals surface area contributed by atoms with Crippen molar-refractivity contribution in [2.24, 2.45) is 0 Å². The van der Waals surface area contributed by atoms with E-state index in [1.54, 1.807) is 13.8 Å². The quantitative estimate of drug-likeness (QED) is 0.557. The molecular formula is C8H17NO2S. The van der Waals surface area contributed by atoms with E-state index >= 15 is 0 Å². The maximum absolute atomic E-state index is 11.1. The lowest BCUT2D eigenvalue weighted by Gasteiger charge is -2.23. The van der Waals surface area contributed by atoms with E-state index in [2.05, 4.69) is 17.9 Å². The van der Waals surface area contributed by atoms with Gasteiger partial charge in [-0.05, 0) is 26.0 Å². The molecule has 0 aliphatic heterocycles. The Morgan fingerprint density at radius 1 is 1.58 bits per heavy atom. The maximum atomic E-state index is 11.1. The Kier molecular flexibility index (Phi) is 5.33. The van der Waals surface area contributed by atoms with Gasteiger partial charge < -0.3 is 10.4 Å². The molecule has 0 rings (SSSR count). The zero-order valence-corrected chi connectivity index (χ0v) is 8.53. The van der Waals surface area contributed by atoms with Crippen molar-refractivity contribution in [3.63, 3.8) is 0 Å². The molecular weight excluding hydrogens is 174 g/mol. The van der Waals surface area contributed by atoms with Crippen LogP contribution in [0.5, 0.6) is 0 Å². The molecule has 0 aromatic carbocycles. The lowest BCUT2D eigenvalue weighted by Crippen LogP contribution is -2.46. The summed E-state index contributed by atoms with van der Waals surface area (Å²) in [5.41, 5.74) is -0.506. The SMILES string of the molecule is CC(C)(CO)NC(=O)CCCS. The van der Waals surface area contributed by atoms with Crippen LogP contribution < -0.4 is 5.32 Å². The summed E-state index contributed by atoms with van der Waals surface area (Å²) in [6.45, 7) is 3.52. The highest BCUT2D eigenvalue weighted by atomic mass is 32.1. The third-order valence-electron chi connectivity index (χ3n) is 1.44. The largest absolute Gasteiger partial charge is 0.394 e. The first-order chi connectivity index (χ1) is 5.52. The maximum Gasteiger partial charge on any atom is 0.220 e. The van der Waals surface area contributed by atoms with Crippen LogP contribution in [0.2, 0.25) is 0 Å². The van der Waals surface area contributed by atoms with Crippen LogP contribution in [0.25, 0.3) is 0 Å². The molecule has 4 heteroatoms. The van der Waals surface area contributed by atoms with Crippen molar-refractivity contribution in [3.8, 4) is 0 Å². The number of thiol groups is 1. The van der Waals surface area contributed by atoms with Gasteiger partial charge in [0.2, 0.25) is 5.91 Å². The van der Waals surface area contributed by atoms with Gasteiger partial charge in [0.25, 0.3) is 0 Å². The summed E-state index contributed by atoms with van der Waals surface area (Å²) in [6.07, 6.45) is 1.25. The molecule has 0 heterocycles. The van der Waals surface area contributed by atoms with Crippen molar-refractivity contribution >= 4 is 18.5 Å². The van der Waals surface area contributed by atoms with Crippen LogP contribution >= 0.6 is 12.6 Å². The zero-order chi connectivity index (χ0) is 9.61. The molecule has 0 aliphatic rings. The van der Waals surface area contributed by atoms with Gasteiger partial charge in [0.1, 0.15) is 0 Å². The van der Waals surface area contributed by atoms with Crippen molar-refractivity contribution in [2.75, 3.05) is 12.4 Å². The Balaban J connectivity index is 3.68. The lowest BCUT2D eigenvalue weighted by atomic mass is 10.1. The van der Waals surface area contributed by atoms with Crippen LogP contribution in [0.1, 0.15) is 26.7 Å². The number of hydrogen-bond acceptors (Lipinski definition) is 3. The molecule has 72 valence electrons. The van der Waals surface area contributed by atoms with Crippen molar-refractivity contribution in [2.45, 2.75) is 32.2 Å². The molecule has 0 bridgehead atoms. The van der Waals surface area contributed by atoms with Crippen LogP contribution in [-0.4, -0.2) is 28.9 Å². The van der Waals surface area contributed by atoms with Crippen LogP contribution in [0.4, 0.5) is 0 Å². The minimum atomic E-state index is -0.506. The van der Waals surface area contributed by atoms with E-state index in [9.17, 15) is 4.79 Å². The molecule has 0 saturated carbocycles. The van der Waals surface area contributed by atoms with E-state index in [0.29, 0.717) is 12.2 Å². The Morgan fingerprint density at radius 2 is 2.17 bits per heavy atom. The first kappa shape index (κ1) is 11.8. The highest BCUT2D eigenvalue weighted by Gasteiger charge is 2.18. The molecule has 0 radical (unpaired) electrons. The van der Waals surface area contributed by atoms with E-state index in [0.717, 1.165) is 6.42 Å². The monoisotopic (exact) mass is 191 g/mol. The third-order valence-corrected chi connectivity index (χ3v) is 1.75. The van der Waals surface area contributed by atoms with E-state index in [-0.39, 0.29) is 12.5 Å². The van der Waals surface area contributed by atoms with Gasteiger partial charge in [-0.25, -0.2) is 0 Å². The van der Waals surface area contributed by atoms with Gasteiger partial charge in [0, 0.05) is 6.42 Å². The number of carbonyl (C=O) groups is 1. The number of carbonyl (C=O) groups excluding carboxylic acids is 1. The van der Waals surface area contributed by atoms with Crippen LogP contribution in [0.3, 0.4) is 0 Å². The predicted molar refractivity (Wildman–Crippen MR) is 52.4 cm³/mol. The minimum absolute atomic E-state index is 0.0249. The molecule has 12 heavy (non-hydrogen) atoms. The molecule has 0 saturated heterocycles. The number of rotatable bonds is 5. The molecule has 2 N–H and O–H groups in total. The second-order valence-electron chi connectivity index (χ2n) is 3.42. The molecule has 0 unspecified atom stereocenters. The molecule has 3 nitrogen and oxygen atoms in total. The predicted octanol–water partition coefficient (Wildman–Crippen LogP) is 0.583. The summed E-state index contributed by atoms with van der Waals surface area (Å²) in [5.74, 6) is 0.690. The summed E-state index contributed by atoms with van der Waals surface area (Å²) in [7, 11) is 0. The van der Waals surface area contributed by atoms with Crippen LogP contribution in [-0.2, 0) is 4.79 Å². The topological polar surface area (TPSA) is 49.3 Å². The zero-order valence-electron chi connectivity index (χ0n) is 7.63. The van der Waals surface area contributed by atoms with Crippen LogP contribution in [0.15, 0.2) is 0 Å². The van der Waals surface area contributed by atoms with Gasteiger partial charge in [-0.1, -0.05) is 0 Å². The molecule has 1 amide bonds. The molecule has 0 aromatic rings. The second kappa shape index (κ2) is 5.43. The van der Waals surface area contributed by atoms with E-state index in [4.69, 9.17) is 5.11 Å². The number of nitrogens with one attached hydrogen (secondary N) is 1. The summed E-state index contributed by atoms with van der Waals surface area (Å²) in [4.78, 5) is 11.1. The van der Waals surface area contributed by atoms with Gasteiger partial charge in [-0.2, -0.15) is 12.6 Å². The summed E-state index contributed by atoms with van der Waals surface area (Å²) >= 11 is 4.00. The molecule has 0 atom stereocenters. The summed E-state index contributed by atoms with van der Waals surface area (Å²) < 4.78 is 0. The number of hydrogen-bond donors (Lipinski definition) is 3. The first-order valence-electron chi connectivity index (χ1n) is 4.04. The fourth-order valence-corrected chi connectivity index (χ4v) is 0.877. The minimum Gasteiger partial charge on any atom is -0.394 e. The van der Waals surface area contributed by atoms with Crippen molar-refractivity contribution in [3.05, 3.63) is 0 Å². The van der Waals surface area contributed by atoms with Gasteiger partial charge >= 0.3 is 0 Å². The van der Waals surface area contributed by atoms with Crippen molar-refractivity contribution < 1.29 is 9.90 Å². The molecule has 0 aromatic heterocycles. The van der Waals surface area contributed by atoms with E-state index in [1.165, 1.54) is 0 Å².